The second-order valence-electron chi connectivity index (χ2n) is 5.22. The molecule has 1 fully saturated rings. The van der Waals surface area contributed by atoms with Crippen molar-refractivity contribution in [2.45, 2.75) is 25.8 Å². The molecule has 1 aromatic carbocycles. The molecule has 2 heterocycles. The van der Waals surface area contributed by atoms with Crippen LogP contribution in [0.5, 0.6) is 0 Å². The second-order valence-corrected chi connectivity index (χ2v) is 5.66. The van der Waals surface area contributed by atoms with Gasteiger partial charge >= 0.3 is 0 Å². The summed E-state index contributed by atoms with van der Waals surface area (Å²) >= 11 is 5.86. The third-order valence-electron chi connectivity index (χ3n) is 3.67. The Hall–Kier alpha value is -2.15. The smallest absolute Gasteiger partial charge is 0.266 e. The largest absolute Gasteiger partial charge is 0.411 e. The van der Waals surface area contributed by atoms with E-state index in [0.717, 1.165) is 31.5 Å². The number of tetrazole rings is 1. The number of benzene rings is 1. The molecule has 0 saturated carbocycles. The molecule has 0 amide bonds. The van der Waals surface area contributed by atoms with Crippen LogP contribution in [0.2, 0.25) is 5.02 Å². The zero-order valence-electron chi connectivity index (χ0n) is 12.1. The molecule has 2 aromatic rings. The minimum absolute atomic E-state index is 0.249. The van der Waals surface area contributed by atoms with E-state index in [4.69, 9.17) is 11.6 Å². The van der Waals surface area contributed by atoms with Crippen LogP contribution in [0.25, 0.3) is 0 Å². The number of piperidine rings is 1. The Balaban J connectivity index is 1.71. The van der Waals surface area contributed by atoms with Gasteiger partial charge in [-0.15, -0.1) is 5.10 Å². The molecule has 8 heteroatoms. The summed E-state index contributed by atoms with van der Waals surface area (Å²) in [6.07, 6.45) is 3.56. The molecule has 0 unspecified atom stereocenters. The van der Waals surface area contributed by atoms with Crippen molar-refractivity contribution >= 4 is 23.3 Å². The van der Waals surface area contributed by atoms with E-state index in [0.29, 0.717) is 16.7 Å². The zero-order chi connectivity index (χ0) is 15.4. The van der Waals surface area contributed by atoms with Gasteiger partial charge in [0, 0.05) is 23.7 Å². The molecule has 0 atom stereocenters. The van der Waals surface area contributed by atoms with Crippen molar-refractivity contribution in [2.24, 2.45) is 5.16 Å². The van der Waals surface area contributed by atoms with Crippen molar-refractivity contribution in [1.29, 1.82) is 0 Å². The highest BCUT2D eigenvalue weighted by Gasteiger charge is 2.16. The van der Waals surface area contributed by atoms with Crippen molar-refractivity contribution in [3.8, 4) is 0 Å². The molecular weight excluding hydrogens is 304 g/mol. The summed E-state index contributed by atoms with van der Waals surface area (Å²) in [6.45, 7) is 2.17. The first-order chi connectivity index (χ1) is 10.8. The first kappa shape index (κ1) is 14.8. The number of hydrogen-bond acceptors (Lipinski definition) is 6. The Morgan fingerprint density at radius 3 is 2.59 bits per heavy atom. The molecule has 3 rings (SSSR count). The van der Waals surface area contributed by atoms with Gasteiger partial charge in [-0.1, -0.05) is 34.0 Å². The van der Waals surface area contributed by atoms with Gasteiger partial charge in [0.25, 0.3) is 5.95 Å². The normalized spacial score (nSPS) is 16.0. The van der Waals surface area contributed by atoms with Gasteiger partial charge in [-0.3, -0.25) is 0 Å². The molecule has 116 valence electrons. The van der Waals surface area contributed by atoms with Gasteiger partial charge < -0.3 is 10.1 Å². The molecule has 0 aliphatic carbocycles. The van der Waals surface area contributed by atoms with Crippen LogP contribution in [0, 0.1) is 0 Å². The van der Waals surface area contributed by atoms with Gasteiger partial charge in [0.1, 0.15) is 12.3 Å². The zero-order valence-corrected chi connectivity index (χ0v) is 12.8. The summed E-state index contributed by atoms with van der Waals surface area (Å²) in [6, 6.07) is 7.08. The van der Waals surface area contributed by atoms with Crippen LogP contribution in [0.1, 0.15) is 24.8 Å². The van der Waals surface area contributed by atoms with E-state index < -0.39 is 0 Å². The Morgan fingerprint density at radius 2 is 1.91 bits per heavy atom. The number of hydrogen-bond donors (Lipinski definition) is 1. The van der Waals surface area contributed by atoms with Crippen LogP contribution >= 0.6 is 11.6 Å². The van der Waals surface area contributed by atoms with Crippen LogP contribution in [-0.2, 0) is 6.54 Å². The number of rotatable bonds is 4. The van der Waals surface area contributed by atoms with E-state index in [1.165, 1.54) is 11.2 Å². The Bertz CT molecular complexity index is 648. The van der Waals surface area contributed by atoms with E-state index in [2.05, 4.69) is 25.5 Å². The minimum Gasteiger partial charge on any atom is -0.411 e. The fourth-order valence-electron chi connectivity index (χ4n) is 2.48. The summed E-state index contributed by atoms with van der Waals surface area (Å²) in [7, 11) is 0. The summed E-state index contributed by atoms with van der Waals surface area (Å²) in [5.41, 5.74) is 1.22. The van der Waals surface area contributed by atoms with Crippen LogP contribution in [0.15, 0.2) is 29.4 Å². The molecule has 0 spiro atoms. The molecule has 7 nitrogen and oxygen atoms in total. The standard InChI is InChI=1S/C14H17ClN6O/c15-12-6-4-11(5-7-12)13(18-22)10-21-17-14(16-19-21)20-8-2-1-3-9-20/h4-7,22H,1-3,8-10H2. The van der Waals surface area contributed by atoms with E-state index in [1.54, 1.807) is 24.3 Å². The number of aromatic nitrogens is 4. The summed E-state index contributed by atoms with van der Waals surface area (Å²) in [5, 5.41) is 25.7. The Morgan fingerprint density at radius 1 is 1.18 bits per heavy atom. The average molecular weight is 321 g/mol. The van der Waals surface area contributed by atoms with Crippen molar-refractivity contribution < 1.29 is 5.21 Å². The monoisotopic (exact) mass is 320 g/mol. The van der Waals surface area contributed by atoms with Crippen LogP contribution < -0.4 is 4.90 Å². The number of nitrogens with zero attached hydrogens (tertiary/aromatic N) is 6. The van der Waals surface area contributed by atoms with Crippen molar-refractivity contribution in [3.63, 3.8) is 0 Å². The molecule has 1 saturated heterocycles. The maximum Gasteiger partial charge on any atom is 0.266 e. The fraction of sp³-hybridized carbons (Fsp3) is 0.429. The lowest BCUT2D eigenvalue weighted by Gasteiger charge is -2.24. The molecule has 0 bridgehead atoms. The maximum atomic E-state index is 9.22. The lowest BCUT2D eigenvalue weighted by Crippen LogP contribution is -2.30. The predicted molar refractivity (Wildman–Crippen MR) is 83.7 cm³/mol. The number of anilines is 1. The number of oxime groups is 1. The molecule has 1 aliphatic rings. The molecule has 1 aromatic heterocycles. The van der Waals surface area contributed by atoms with E-state index in [1.807, 2.05) is 0 Å². The van der Waals surface area contributed by atoms with Crippen molar-refractivity contribution in [2.75, 3.05) is 18.0 Å². The quantitative estimate of drug-likeness (QED) is 0.530. The van der Waals surface area contributed by atoms with Crippen molar-refractivity contribution in [3.05, 3.63) is 34.9 Å². The minimum atomic E-state index is 0.249. The van der Waals surface area contributed by atoms with E-state index >= 15 is 0 Å². The molecule has 0 radical (unpaired) electrons. The first-order valence-electron chi connectivity index (χ1n) is 7.26. The fourth-order valence-corrected chi connectivity index (χ4v) is 2.61. The maximum absolute atomic E-state index is 9.22. The van der Waals surface area contributed by atoms with Gasteiger partial charge in [-0.25, -0.2) is 0 Å². The SMILES string of the molecule is ON=C(Cn1nnc(N2CCCCC2)n1)c1ccc(Cl)cc1. The Labute approximate surface area is 133 Å². The molecule has 1 aliphatic heterocycles. The van der Waals surface area contributed by atoms with Gasteiger partial charge in [-0.2, -0.15) is 4.80 Å². The highest BCUT2D eigenvalue weighted by atomic mass is 35.5. The first-order valence-corrected chi connectivity index (χ1v) is 7.63. The lowest BCUT2D eigenvalue weighted by atomic mass is 10.1. The van der Waals surface area contributed by atoms with Gasteiger partial charge in [-0.05, 0) is 36.6 Å². The van der Waals surface area contributed by atoms with Crippen LogP contribution in [0.4, 0.5) is 5.95 Å². The third-order valence-corrected chi connectivity index (χ3v) is 3.92. The van der Waals surface area contributed by atoms with Crippen LogP contribution in [-0.4, -0.2) is 44.2 Å². The molecule has 1 N–H and O–H groups in total. The van der Waals surface area contributed by atoms with Gasteiger partial charge in [0.15, 0.2) is 0 Å². The summed E-state index contributed by atoms with van der Waals surface area (Å²) in [4.78, 5) is 3.57. The highest BCUT2D eigenvalue weighted by Crippen LogP contribution is 2.15. The van der Waals surface area contributed by atoms with Gasteiger partial charge in [0.05, 0.1) is 0 Å². The topological polar surface area (TPSA) is 79.4 Å². The molecule has 22 heavy (non-hydrogen) atoms. The highest BCUT2D eigenvalue weighted by molar-refractivity contribution is 6.30. The Kier molecular flexibility index (Phi) is 4.53. The van der Waals surface area contributed by atoms with Crippen molar-refractivity contribution in [1.82, 2.24) is 20.2 Å². The van der Waals surface area contributed by atoms with Crippen LogP contribution in [0.3, 0.4) is 0 Å². The predicted octanol–water partition coefficient (Wildman–Crippen LogP) is 2.20. The summed E-state index contributed by atoms with van der Waals surface area (Å²) in [5.74, 6) is 0.632. The van der Waals surface area contributed by atoms with Gasteiger partial charge in [0.2, 0.25) is 0 Å². The summed E-state index contributed by atoms with van der Waals surface area (Å²) < 4.78 is 0. The second kappa shape index (κ2) is 6.74. The van der Waals surface area contributed by atoms with E-state index in [-0.39, 0.29) is 6.54 Å². The number of halogens is 1. The lowest BCUT2D eigenvalue weighted by molar-refractivity contribution is 0.316. The third kappa shape index (κ3) is 3.36. The molecular formula is C14H17ClN6O. The average Bonchev–Trinajstić information content (AvgIpc) is 3.03. The van der Waals surface area contributed by atoms with E-state index in [9.17, 15) is 5.21 Å².